The van der Waals surface area contributed by atoms with Crippen molar-refractivity contribution in [3.63, 3.8) is 0 Å². The molecule has 2 saturated carbocycles. The Balaban J connectivity index is 1.44. The van der Waals surface area contributed by atoms with Crippen molar-refractivity contribution in [2.75, 3.05) is 6.54 Å². The predicted octanol–water partition coefficient (Wildman–Crippen LogP) is 2.27. The molecule has 1 aromatic carbocycles. The highest BCUT2D eigenvalue weighted by molar-refractivity contribution is 5.79. The molecule has 0 spiro atoms. The Kier molecular flexibility index (Phi) is 4.06. The Morgan fingerprint density at radius 2 is 1.90 bits per heavy atom. The number of aliphatic hydroxyl groups excluding tert-OH is 1. The Bertz CT molecular complexity index is 468. The lowest BCUT2D eigenvalue weighted by atomic mass is 9.88. The Morgan fingerprint density at radius 3 is 2.50 bits per heavy atom. The summed E-state index contributed by atoms with van der Waals surface area (Å²) in [4.78, 5) is 12.2. The van der Waals surface area contributed by atoms with Gasteiger partial charge in [0, 0.05) is 12.5 Å². The molecule has 20 heavy (non-hydrogen) atoms. The summed E-state index contributed by atoms with van der Waals surface area (Å²) in [5, 5.41) is 12.1. The summed E-state index contributed by atoms with van der Waals surface area (Å²) < 4.78 is 0. The van der Waals surface area contributed by atoms with E-state index in [-0.39, 0.29) is 18.4 Å². The summed E-state index contributed by atoms with van der Waals surface area (Å²) in [5.41, 5.74) is 2.13. The van der Waals surface area contributed by atoms with Crippen molar-refractivity contribution in [3.8, 4) is 0 Å². The van der Waals surface area contributed by atoms with Gasteiger partial charge in [-0.25, -0.2) is 0 Å². The molecule has 3 heteroatoms. The van der Waals surface area contributed by atoms with E-state index >= 15 is 0 Å². The minimum Gasteiger partial charge on any atom is -0.392 e. The van der Waals surface area contributed by atoms with Gasteiger partial charge < -0.3 is 10.4 Å². The number of fused-ring (bicyclic) bond motifs is 2. The molecule has 3 rings (SSSR count). The summed E-state index contributed by atoms with van der Waals surface area (Å²) in [6, 6.07) is 7.92. The topological polar surface area (TPSA) is 49.3 Å². The van der Waals surface area contributed by atoms with Gasteiger partial charge in [0.05, 0.1) is 6.61 Å². The van der Waals surface area contributed by atoms with E-state index in [1.165, 1.54) is 24.8 Å². The fourth-order valence-electron chi connectivity index (χ4n) is 3.84. The third kappa shape index (κ3) is 2.88. The summed E-state index contributed by atoms with van der Waals surface area (Å²) in [6.45, 7) is 0.798. The van der Waals surface area contributed by atoms with E-state index in [0.717, 1.165) is 24.3 Å². The van der Waals surface area contributed by atoms with Gasteiger partial charge in [-0.1, -0.05) is 30.7 Å². The first-order valence-corrected chi connectivity index (χ1v) is 7.72. The lowest BCUT2D eigenvalue weighted by Crippen LogP contribution is -2.34. The Morgan fingerprint density at radius 1 is 1.15 bits per heavy atom. The zero-order chi connectivity index (χ0) is 13.9. The largest absolute Gasteiger partial charge is 0.392 e. The second kappa shape index (κ2) is 5.96. The highest BCUT2D eigenvalue weighted by Crippen LogP contribution is 2.48. The van der Waals surface area contributed by atoms with Gasteiger partial charge in [-0.05, 0) is 48.6 Å². The van der Waals surface area contributed by atoms with Gasteiger partial charge in [0.25, 0.3) is 0 Å². The predicted molar refractivity (Wildman–Crippen MR) is 78.0 cm³/mol. The number of amides is 1. The lowest BCUT2D eigenvalue weighted by molar-refractivity contribution is -0.126. The van der Waals surface area contributed by atoms with Crippen LogP contribution < -0.4 is 5.32 Å². The van der Waals surface area contributed by atoms with Crippen molar-refractivity contribution in [1.29, 1.82) is 0 Å². The van der Waals surface area contributed by atoms with E-state index in [4.69, 9.17) is 5.11 Å². The third-order valence-corrected chi connectivity index (χ3v) is 4.99. The number of carbonyl (C=O) groups is 1. The molecule has 2 aliphatic carbocycles. The van der Waals surface area contributed by atoms with E-state index in [2.05, 4.69) is 5.32 Å². The molecule has 108 valence electrons. The van der Waals surface area contributed by atoms with Gasteiger partial charge in [-0.15, -0.1) is 0 Å². The molecule has 2 aliphatic rings. The highest BCUT2D eigenvalue weighted by Gasteiger charge is 2.42. The zero-order valence-corrected chi connectivity index (χ0v) is 11.8. The minimum absolute atomic E-state index is 0.0846. The first-order chi connectivity index (χ1) is 9.76. The molecule has 0 aliphatic heterocycles. The standard InChI is InChI=1S/C17H23NO2/c19-11-13-3-1-12(2-4-13)7-8-18-17(20)16-10-14-5-6-15(16)9-14/h1-4,14-16,19H,5-11H2,(H,18,20). The number of aliphatic hydroxyl groups is 1. The normalized spacial score (nSPS) is 27.8. The molecular weight excluding hydrogens is 250 g/mol. The smallest absolute Gasteiger partial charge is 0.223 e. The molecule has 3 unspecified atom stereocenters. The summed E-state index contributed by atoms with van der Waals surface area (Å²) in [7, 11) is 0. The summed E-state index contributed by atoms with van der Waals surface area (Å²) >= 11 is 0. The SMILES string of the molecule is O=C(NCCc1ccc(CO)cc1)C1CC2CCC1C2. The molecule has 3 nitrogen and oxygen atoms in total. The van der Waals surface area contributed by atoms with E-state index in [9.17, 15) is 4.79 Å². The number of hydrogen-bond acceptors (Lipinski definition) is 2. The van der Waals surface area contributed by atoms with Crippen molar-refractivity contribution in [2.45, 2.75) is 38.7 Å². The maximum atomic E-state index is 12.2. The second-order valence-electron chi connectivity index (χ2n) is 6.30. The molecule has 2 N–H and O–H groups in total. The molecule has 2 bridgehead atoms. The molecule has 2 fully saturated rings. The van der Waals surface area contributed by atoms with Crippen molar-refractivity contribution in [3.05, 3.63) is 35.4 Å². The van der Waals surface area contributed by atoms with Crippen LogP contribution in [0, 0.1) is 17.8 Å². The van der Waals surface area contributed by atoms with Gasteiger partial charge in [0.2, 0.25) is 5.91 Å². The number of nitrogens with one attached hydrogen (secondary N) is 1. The van der Waals surface area contributed by atoms with Crippen LogP contribution in [0.1, 0.15) is 36.8 Å². The number of hydrogen-bond donors (Lipinski definition) is 2. The average Bonchev–Trinajstić information content (AvgIpc) is 3.10. The number of rotatable bonds is 5. The molecule has 0 heterocycles. The van der Waals surface area contributed by atoms with Gasteiger partial charge in [-0.3, -0.25) is 4.79 Å². The van der Waals surface area contributed by atoms with Crippen LogP contribution >= 0.6 is 0 Å². The van der Waals surface area contributed by atoms with Crippen LogP contribution in [0.2, 0.25) is 0 Å². The molecule has 1 aromatic rings. The van der Waals surface area contributed by atoms with E-state index in [1.807, 2.05) is 24.3 Å². The maximum absolute atomic E-state index is 12.2. The molecule has 1 amide bonds. The molecule has 0 aromatic heterocycles. The van der Waals surface area contributed by atoms with Crippen molar-refractivity contribution in [2.24, 2.45) is 17.8 Å². The minimum atomic E-state index is 0.0846. The lowest BCUT2D eigenvalue weighted by Gasteiger charge is -2.20. The summed E-state index contributed by atoms with van der Waals surface area (Å²) in [5.74, 6) is 2.03. The van der Waals surface area contributed by atoms with Crippen LogP contribution in [0.5, 0.6) is 0 Å². The van der Waals surface area contributed by atoms with Crippen LogP contribution in [0.15, 0.2) is 24.3 Å². The molecule has 3 atom stereocenters. The van der Waals surface area contributed by atoms with Gasteiger partial charge in [0.1, 0.15) is 0 Å². The van der Waals surface area contributed by atoms with Crippen LogP contribution in [0.4, 0.5) is 0 Å². The van der Waals surface area contributed by atoms with Crippen molar-refractivity contribution < 1.29 is 9.90 Å². The quantitative estimate of drug-likeness (QED) is 0.864. The number of carbonyl (C=O) groups excluding carboxylic acids is 1. The first-order valence-electron chi connectivity index (χ1n) is 7.72. The van der Waals surface area contributed by atoms with E-state index in [1.54, 1.807) is 0 Å². The third-order valence-electron chi connectivity index (χ3n) is 4.99. The average molecular weight is 273 g/mol. The zero-order valence-electron chi connectivity index (χ0n) is 11.8. The molecular formula is C17H23NO2. The Labute approximate surface area is 120 Å². The van der Waals surface area contributed by atoms with Crippen LogP contribution in [0.25, 0.3) is 0 Å². The van der Waals surface area contributed by atoms with Crippen molar-refractivity contribution in [1.82, 2.24) is 5.32 Å². The summed E-state index contributed by atoms with van der Waals surface area (Å²) in [6.07, 6.45) is 5.84. The molecule has 0 radical (unpaired) electrons. The maximum Gasteiger partial charge on any atom is 0.223 e. The first kappa shape index (κ1) is 13.6. The van der Waals surface area contributed by atoms with E-state index in [0.29, 0.717) is 12.5 Å². The van der Waals surface area contributed by atoms with Crippen molar-refractivity contribution >= 4 is 5.91 Å². The second-order valence-corrected chi connectivity index (χ2v) is 6.30. The van der Waals surface area contributed by atoms with E-state index < -0.39 is 0 Å². The highest BCUT2D eigenvalue weighted by atomic mass is 16.3. The fourth-order valence-corrected chi connectivity index (χ4v) is 3.84. The molecule has 0 saturated heterocycles. The monoisotopic (exact) mass is 273 g/mol. The van der Waals surface area contributed by atoms with Gasteiger partial charge in [0.15, 0.2) is 0 Å². The van der Waals surface area contributed by atoms with Crippen LogP contribution in [0.3, 0.4) is 0 Å². The van der Waals surface area contributed by atoms with Gasteiger partial charge in [-0.2, -0.15) is 0 Å². The van der Waals surface area contributed by atoms with Crippen LogP contribution in [-0.2, 0) is 17.8 Å². The number of benzene rings is 1. The Hall–Kier alpha value is -1.35. The van der Waals surface area contributed by atoms with Crippen LogP contribution in [-0.4, -0.2) is 17.6 Å². The van der Waals surface area contributed by atoms with Gasteiger partial charge >= 0.3 is 0 Å². The fraction of sp³-hybridized carbons (Fsp3) is 0.588.